The van der Waals surface area contributed by atoms with E-state index in [2.05, 4.69) is 20.9 Å². The zero-order chi connectivity index (χ0) is 19.1. The zero-order valence-electron chi connectivity index (χ0n) is 15.3. The summed E-state index contributed by atoms with van der Waals surface area (Å²) in [5.41, 5.74) is 1.64. The Hall–Kier alpha value is -2.61. The maximum absolute atomic E-state index is 12.1. The molecule has 3 rings (SSSR count). The number of anilines is 1. The average molecular weight is 388 g/mol. The first-order valence-electron chi connectivity index (χ1n) is 9.04. The fourth-order valence-corrected chi connectivity index (χ4v) is 3.71. The molecule has 1 saturated carbocycles. The van der Waals surface area contributed by atoms with Gasteiger partial charge in [-0.2, -0.15) is 0 Å². The maximum atomic E-state index is 12.1. The molecule has 1 aliphatic carbocycles. The summed E-state index contributed by atoms with van der Waals surface area (Å²) in [5, 5.41) is 10.9. The second kappa shape index (κ2) is 9.36. The third-order valence-corrected chi connectivity index (χ3v) is 5.26. The third-order valence-electron chi connectivity index (χ3n) is 4.45. The molecule has 0 radical (unpaired) electrons. The summed E-state index contributed by atoms with van der Waals surface area (Å²) in [6.07, 6.45) is 4.57. The van der Waals surface area contributed by atoms with E-state index in [9.17, 15) is 9.59 Å². The lowest BCUT2D eigenvalue weighted by molar-refractivity contribution is -0.120. The van der Waals surface area contributed by atoms with E-state index < -0.39 is 0 Å². The van der Waals surface area contributed by atoms with Crippen molar-refractivity contribution in [3.05, 3.63) is 40.9 Å². The van der Waals surface area contributed by atoms with E-state index in [1.807, 2.05) is 24.3 Å². The highest BCUT2D eigenvalue weighted by Crippen LogP contribution is 2.19. The minimum Gasteiger partial charge on any atom is -0.497 e. The second-order valence-electron chi connectivity index (χ2n) is 6.53. The fraction of sp³-hybridized carbons (Fsp3) is 0.421. The van der Waals surface area contributed by atoms with Gasteiger partial charge in [0.05, 0.1) is 19.2 Å². The van der Waals surface area contributed by atoms with Gasteiger partial charge in [0, 0.05) is 18.0 Å². The standard InChI is InChI=1S/C19H24N4O3S/c1-26-16-8-6-13(7-9-16)11-20-17(24)10-15-12-27-19(22-15)23-18(25)21-14-4-2-3-5-14/h6-9,12,14H,2-5,10-11H2,1H3,(H,20,24)(H2,21,22,23,25). The van der Waals surface area contributed by atoms with Gasteiger partial charge >= 0.3 is 6.03 Å². The van der Waals surface area contributed by atoms with Gasteiger partial charge in [0.15, 0.2) is 5.13 Å². The number of hydrogen-bond donors (Lipinski definition) is 3. The first kappa shape index (κ1) is 19.2. The number of nitrogens with one attached hydrogen (secondary N) is 3. The maximum Gasteiger partial charge on any atom is 0.321 e. The van der Waals surface area contributed by atoms with E-state index in [4.69, 9.17) is 4.74 Å². The molecule has 27 heavy (non-hydrogen) atoms. The van der Waals surface area contributed by atoms with Crippen LogP contribution in [0.1, 0.15) is 36.9 Å². The van der Waals surface area contributed by atoms with Crippen molar-refractivity contribution in [1.82, 2.24) is 15.6 Å². The molecule has 1 fully saturated rings. The predicted octanol–water partition coefficient (Wildman–Crippen LogP) is 3.07. The number of benzene rings is 1. The van der Waals surface area contributed by atoms with Crippen LogP contribution in [-0.2, 0) is 17.8 Å². The van der Waals surface area contributed by atoms with Crippen LogP contribution in [-0.4, -0.2) is 30.1 Å². The van der Waals surface area contributed by atoms with Crippen LogP contribution >= 0.6 is 11.3 Å². The Balaban J connectivity index is 1.42. The first-order chi connectivity index (χ1) is 13.1. The van der Waals surface area contributed by atoms with Crippen LogP contribution in [0.4, 0.5) is 9.93 Å². The predicted molar refractivity (Wildman–Crippen MR) is 105 cm³/mol. The normalized spacial score (nSPS) is 14.0. The van der Waals surface area contributed by atoms with Crippen molar-refractivity contribution in [1.29, 1.82) is 0 Å². The number of carbonyl (C=O) groups excluding carboxylic acids is 2. The summed E-state index contributed by atoms with van der Waals surface area (Å²) in [6, 6.07) is 7.56. The smallest absolute Gasteiger partial charge is 0.321 e. The number of amides is 3. The first-order valence-corrected chi connectivity index (χ1v) is 9.92. The van der Waals surface area contributed by atoms with Crippen LogP contribution in [0.5, 0.6) is 5.75 Å². The molecular formula is C19H24N4O3S. The fourth-order valence-electron chi connectivity index (χ4n) is 3.01. The van der Waals surface area contributed by atoms with Crippen molar-refractivity contribution in [2.24, 2.45) is 0 Å². The molecule has 2 aromatic rings. The summed E-state index contributed by atoms with van der Waals surface area (Å²) in [7, 11) is 1.62. The van der Waals surface area contributed by atoms with E-state index in [1.165, 1.54) is 11.3 Å². The van der Waals surface area contributed by atoms with Gasteiger partial charge in [-0.25, -0.2) is 9.78 Å². The van der Waals surface area contributed by atoms with Gasteiger partial charge in [0.2, 0.25) is 5.91 Å². The highest BCUT2D eigenvalue weighted by molar-refractivity contribution is 7.13. The number of aromatic nitrogens is 1. The van der Waals surface area contributed by atoms with Gasteiger partial charge in [-0.3, -0.25) is 10.1 Å². The molecule has 1 aromatic carbocycles. The molecule has 0 saturated heterocycles. The molecule has 3 N–H and O–H groups in total. The van der Waals surface area contributed by atoms with Crippen molar-refractivity contribution >= 4 is 28.4 Å². The van der Waals surface area contributed by atoms with Crippen LogP contribution in [0.2, 0.25) is 0 Å². The van der Waals surface area contributed by atoms with Crippen LogP contribution in [0.15, 0.2) is 29.6 Å². The van der Waals surface area contributed by atoms with Gasteiger partial charge in [0.1, 0.15) is 5.75 Å². The molecule has 0 bridgehead atoms. The van der Waals surface area contributed by atoms with Gasteiger partial charge in [-0.15, -0.1) is 11.3 Å². The minimum absolute atomic E-state index is 0.113. The highest BCUT2D eigenvalue weighted by Gasteiger charge is 2.17. The second-order valence-corrected chi connectivity index (χ2v) is 7.38. The van der Waals surface area contributed by atoms with E-state index in [0.29, 0.717) is 17.4 Å². The van der Waals surface area contributed by atoms with E-state index in [1.54, 1.807) is 12.5 Å². The van der Waals surface area contributed by atoms with Crippen molar-refractivity contribution in [2.45, 2.75) is 44.7 Å². The molecule has 144 valence electrons. The number of ether oxygens (including phenoxy) is 1. The quantitative estimate of drug-likeness (QED) is 0.680. The van der Waals surface area contributed by atoms with E-state index in [-0.39, 0.29) is 24.4 Å². The SMILES string of the molecule is COc1ccc(CNC(=O)Cc2csc(NC(=O)NC3CCCC3)n2)cc1. The summed E-state index contributed by atoms with van der Waals surface area (Å²) >= 11 is 1.32. The van der Waals surface area contributed by atoms with Crippen LogP contribution in [0.25, 0.3) is 0 Å². The summed E-state index contributed by atoms with van der Waals surface area (Å²) in [6.45, 7) is 0.446. The number of methoxy groups -OCH3 is 1. The minimum atomic E-state index is -0.230. The summed E-state index contributed by atoms with van der Waals surface area (Å²) in [4.78, 5) is 28.4. The summed E-state index contributed by atoms with van der Waals surface area (Å²) < 4.78 is 5.11. The lowest BCUT2D eigenvalue weighted by atomic mass is 10.2. The molecule has 7 nitrogen and oxygen atoms in total. The Morgan fingerprint density at radius 1 is 1.22 bits per heavy atom. The average Bonchev–Trinajstić information content (AvgIpc) is 3.32. The van der Waals surface area contributed by atoms with Crippen LogP contribution in [0.3, 0.4) is 0 Å². The molecule has 8 heteroatoms. The number of carbonyl (C=O) groups is 2. The van der Waals surface area contributed by atoms with E-state index >= 15 is 0 Å². The Bertz CT molecular complexity index is 770. The third kappa shape index (κ3) is 5.96. The van der Waals surface area contributed by atoms with Crippen LogP contribution < -0.4 is 20.7 Å². The number of thiazole rings is 1. The molecule has 0 aliphatic heterocycles. The van der Waals surface area contributed by atoms with Crippen molar-refractivity contribution in [3.8, 4) is 5.75 Å². The molecular weight excluding hydrogens is 364 g/mol. The number of nitrogens with zero attached hydrogens (tertiary/aromatic N) is 1. The Morgan fingerprint density at radius 3 is 2.67 bits per heavy atom. The Labute approximate surface area is 162 Å². The highest BCUT2D eigenvalue weighted by atomic mass is 32.1. The Kier molecular flexibility index (Phi) is 6.64. The molecule has 0 spiro atoms. The Morgan fingerprint density at radius 2 is 1.96 bits per heavy atom. The molecule has 1 aromatic heterocycles. The lowest BCUT2D eigenvalue weighted by Crippen LogP contribution is -2.36. The van der Waals surface area contributed by atoms with Gasteiger partial charge in [-0.1, -0.05) is 25.0 Å². The monoisotopic (exact) mass is 388 g/mol. The van der Waals surface area contributed by atoms with Gasteiger partial charge in [-0.05, 0) is 30.5 Å². The lowest BCUT2D eigenvalue weighted by Gasteiger charge is -2.11. The molecule has 1 heterocycles. The molecule has 0 unspecified atom stereocenters. The number of rotatable bonds is 7. The van der Waals surface area contributed by atoms with Crippen molar-refractivity contribution in [3.63, 3.8) is 0 Å². The zero-order valence-corrected chi connectivity index (χ0v) is 16.1. The number of hydrogen-bond acceptors (Lipinski definition) is 5. The largest absolute Gasteiger partial charge is 0.497 e. The van der Waals surface area contributed by atoms with Crippen molar-refractivity contribution in [2.75, 3.05) is 12.4 Å². The van der Waals surface area contributed by atoms with Gasteiger partial charge < -0.3 is 15.4 Å². The molecule has 3 amide bonds. The van der Waals surface area contributed by atoms with Crippen molar-refractivity contribution < 1.29 is 14.3 Å². The van der Waals surface area contributed by atoms with Gasteiger partial charge in [0.25, 0.3) is 0 Å². The molecule has 1 aliphatic rings. The summed E-state index contributed by atoms with van der Waals surface area (Å²) in [5.74, 6) is 0.669. The molecule has 0 atom stereocenters. The van der Waals surface area contributed by atoms with Crippen LogP contribution in [0, 0.1) is 0 Å². The number of urea groups is 1. The topological polar surface area (TPSA) is 92.4 Å². The van der Waals surface area contributed by atoms with E-state index in [0.717, 1.165) is 37.0 Å².